The van der Waals surface area contributed by atoms with E-state index in [1.165, 1.54) is 12.8 Å². The van der Waals surface area contributed by atoms with Gasteiger partial charge < -0.3 is 0 Å². The van der Waals surface area contributed by atoms with Gasteiger partial charge in [-0.05, 0) is 12.8 Å². The first-order valence-electron chi connectivity index (χ1n) is 3.23. The Balaban J connectivity index is 2.04. The van der Waals surface area contributed by atoms with E-state index in [-0.39, 0.29) is 0 Å². The molecule has 0 aromatic rings. The molecule has 3 nitrogen and oxygen atoms in total. The van der Waals surface area contributed by atoms with Gasteiger partial charge in [0.2, 0.25) is 0 Å². The number of hydrazine groups is 2. The van der Waals surface area contributed by atoms with Crippen molar-refractivity contribution >= 4 is 0 Å². The lowest BCUT2D eigenvalue weighted by Gasteiger charge is -2.12. The van der Waals surface area contributed by atoms with Crippen LogP contribution in [-0.4, -0.2) is 24.2 Å². The van der Waals surface area contributed by atoms with Crippen LogP contribution >= 0.6 is 0 Å². The summed E-state index contributed by atoms with van der Waals surface area (Å²) in [6, 6.07) is 0.787. The van der Waals surface area contributed by atoms with Crippen LogP contribution in [0.3, 0.4) is 0 Å². The molecule has 3 heteroatoms. The molecule has 2 aliphatic heterocycles. The molecule has 2 fully saturated rings. The van der Waals surface area contributed by atoms with Gasteiger partial charge in [0.1, 0.15) is 0 Å². The predicted octanol–water partition coefficient (Wildman–Crippen LogP) is -0.526. The molecule has 0 spiro atoms. The summed E-state index contributed by atoms with van der Waals surface area (Å²) in [6.45, 7) is 2.30. The summed E-state index contributed by atoms with van der Waals surface area (Å²) >= 11 is 0. The summed E-state index contributed by atoms with van der Waals surface area (Å²) in [6.07, 6.45) is 2.62. The van der Waals surface area contributed by atoms with Crippen molar-refractivity contribution in [1.29, 1.82) is 0 Å². The van der Waals surface area contributed by atoms with Crippen LogP contribution in [0.25, 0.3) is 0 Å². The van der Waals surface area contributed by atoms with E-state index < -0.39 is 0 Å². The minimum atomic E-state index is 0.787. The van der Waals surface area contributed by atoms with Crippen molar-refractivity contribution in [3.05, 3.63) is 0 Å². The lowest BCUT2D eigenvalue weighted by molar-refractivity contribution is 0.170. The number of nitrogens with one attached hydrogen (secondary N) is 2. The van der Waals surface area contributed by atoms with Gasteiger partial charge in [0.25, 0.3) is 0 Å². The summed E-state index contributed by atoms with van der Waals surface area (Å²) in [7, 11) is 0. The van der Waals surface area contributed by atoms with Crippen molar-refractivity contribution in [2.75, 3.05) is 13.1 Å². The van der Waals surface area contributed by atoms with Crippen molar-refractivity contribution in [1.82, 2.24) is 16.0 Å². The van der Waals surface area contributed by atoms with Crippen LogP contribution in [0.15, 0.2) is 0 Å². The number of fused-ring (bicyclic) bond motifs is 1. The minimum Gasteiger partial charge on any atom is -0.241 e. The van der Waals surface area contributed by atoms with Gasteiger partial charge in [-0.15, -0.1) is 0 Å². The quantitative estimate of drug-likeness (QED) is 0.442. The predicted molar refractivity (Wildman–Crippen MR) is 30.9 cm³/mol. The number of rotatable bonds is 0. The van der Waals surface area contributed by atoms with Crippen molar-refractivity contribution in [2.24, 2.45) is 0 Å². The largest absolute Gasteiger partial charge is 0.241 e. The third-order valence-corrected chi connectivity index (χ3v) is 1.88. The SMILES string of the molecule is C1CC2CCNN2N1. The summed E-state index contributed by atoms with van der Waals surface area (Å²) in [5, 5.41) is 2.14. The zero-order valence-corrected chi connectivity index (χ0v) is 4.85. The molecule has 0 aromatic carbocycles. The maximum absolute atomic E-state index is 3.24. The van der Waals surface area contributed by atoms with Crippen LogP contribution in [0.4, 0.5) is 0 Å². The summed E-state index contributed by atoms with van der Waals surface area (Å²) in [5.74, 6) is 0. The Morgan fingerprint density at radius 1 is 1.12 bits per heavy atom. The highest BCUT2D eigenvalue weighted by Crippen LogP contribution is 2.13. The van der Waals surface area contributed by atoms with Gasteiger partial charge >= 0.3 is 0 Å². The van der Waals surface area contributed by atoms with Crippen molar-refractivity contribution < 1.29 is 0 Å². The third kappa shape index (κ3) is 0.555. The second-order valence-corrected chi connectivity index (χ2v) is 2.42. The Kier molecular flexibility index (Phi) is 0.997. The second-order valence-electron chi connectivity index (χ2n) is 2.42. The maximum Gasteiger partial charge on any atom is 0.0425 e. The third-order valence-electron chi connectivity index (χ3n) is 1.88. The van der Waals surface area contributed by atoms with Gasteiger partial charge in [-0.3, -0.25) is 0 Å². The number of hydrogen-bond donors (Lipinski definition) is 2. The van der Waals surface area contributed by atoms with Crippen LogP contribution < -0.4 is 10.9 Å². The average molecular weight is 113 g/mol. The van der Waals surface area contributed by atoms with Gasteiger partial charge in [0.15, 0.2) is 0 Å². The molecule has 0 aliphatic carbocycles. The zero-order chi connectivity index (χ0) is 5.40. The van der Waals surface area contributed by atoms with E-state index in [2.05, 4.69) is 16.0 Å². The molecule has 2 rings (SSSR count). The first-order valence-corrected chi connectivity index (χ1v) is 3.23. The molecule has 0 aromatic heterocycles. The highest BCUT2D eigenvalue weighted by atomic mass is 15.8. The second kappa shape index (κ2) is 1.69. The van der Waals surface area contributed by atoms with Gasteiger partial charge in [0.05, 0.1) is 0 Å². The monoisotopic (exact) mass is 113 g/mol. The van der Waals surface area contributed by atoms with Crippen LogP contribution in [0.1, 0.15) is 12.8 Å². The molecule has 2 saturated heterocycles. The highest BCUT2D eigenvalue weighted by Gasteiger charge is 2.27. The van der Waals surface area contributed by atoms with E-state index in [1.807, 2.05) is 0 Å². The summed E-state index contributed by atoms with van der Waals surface area (Å²) < 4.78 is 0. The van der Waals surface area contributed by atoms with Crippen molar-refractivity contribution in [2.45, 2.75) is 18.9 Å². The van der Waals surface area contributed by atoms with Crippen LogP contribution in [-0.2, 0) is 0 Å². The Bertz CT molecular complexity index is 73.7. The summed E-state index contributed by atoms with van der Waals surface area (Å²) in [4.78, 5) is 0. The molecule has 0 saturated carbocycles. The highest BCUT2D eigenvalue weighted by molar-refractivity contribution is 4.78. The Labute approximate surface area is 49.0 Å². The van der Waals surface area contributed by atoms with Crippen LogP contribution in [0, 0.1) is 0 Å². The molecule has 0 bridgehead atoms. The molecule has 2 N–H and O–H groups in total. The standard InChI is InChI=1S/C5H11N3/c1-3-6-8-5(1)2-4-7-8/h5-7H,1-4H2. The van der Waals surface area contributed by atoms with Crippen molar-refractivity contribution in [3.8, 4) is 0 Å². The molecular weight excluding hydrogens is 102 g/mol. The van der Waals surface area contributed by atoms with E-state index in [0.29, 0.717) is 0 Å². The number of hydrogen-bond acceptors (Lipinski definition) is 3. The molecule has 8 heavy (non-hydrogen) atoms. The van der Waals surface area contributed by atoms with Gasteiger partial charge in [-0.1, -0.05) is 0 Å². The Morgan fingerprint density at radius 2 is 1.75 bits per heavy atom. The van der Waals surface area contributed by atoms with Crippen LogP contribution in [0.2, 0.25) is 0 Å². The number of nitrogens with zero attached hydrogens (tertiary/aromatic N) is 1. The fourth-order valence-electron chi connectivity index (χ4n) is 1.42. The molecule has 0 atom stereocenters. The molecule has 0 amide bonds. The van der Waals surface area contributed by atoms with E-state index in [0.717, 1.165) is 19.1 Å². The normalized spacial score (nSPS) is 31.5. The average Bonchev–Trinajstić information content (AvgIpc) is 2.15. The molecule has 2 heterocycles. The van der Waals surface area contributed by atoms with Gasteiger partial charge in [-0.2, -0.15) is 5.12 Å². The molecule has 0 radical (unpaired) electrons. The van der Waals surface area contributed by atoms with E-state index >= 15 is 0 Å². The van der Waals surface area contributed by atoms with E-state index in [4.69, 9.17) is 0 Å². The van der Waals surface area contributed by atoms with E-state index in [1.54, 1.807) is 0 Å². The van der Waals surface area contributed by atoms with E-state index in [9.17, 15) is 0 Å². The fourth-order valence-corrected chi connectivity index (χ4v) is 1.42. The fraction of sp³-hybridized carbons (Fsp3) is 1.00. The molecule has 46 valence electrons. The summed E-state index contributed by atoms with van der Waals surface area (Å²) in [5.41, 5.74) is 6.48. The topological polar surface area (TPSA) is 27.3 Å². The first-order chi connectivity index (χ1) is 3.97. The minimum absolute atomic E-state index is 0.787. The first kappa shape index (κ1) is 4.73. The molecule has 0 unspecified atom stereocenters. The Morgan fingerprint density at radius 3 is 2.25 bits per heavy atom. The zero-order valence-electron chi connectivity index (χ0n) is 4.85. The van der Waals surface area contributed by atoms with Crippen LogP contribution in [0.5, 0.6) is 0 Å². The molecule has 2 aliphatic rings. The van der Waals surface area contributed by atoms with Gasteiger partial charge in [-0.25, -0.2) is 10.9 Å². The smallest absolute Gasteiger partial charge is 0.0425 e. The van der Waals surface area contributed by atoms with Crippen molar-refractivity contribution in [3.63, 3.8) is 0 Å². The lowest BCUT2D eigenvalue weighted by atomic mass is 10.2. The maximum atomic E-state index is 3.24. The lowest BCUT2D eigenvalue weighted by Crippen LogP contribution is -2.40. The van der Waals surface area contributed by atoms with Gasteiger partial charge in [0, 0.05) is 19.1 Å². The molecular formula is C5H11N3. The Hall–Kier alpha value is -0.120.